The van der Waals surface area contributed by atoms with Crippen LogP contribution in [-0.2, 0) is 6.54 Å². The highest BCUT2D eigenvalue weighted by Crippen LogP contribution is 2.02. The summed E-state index contributed by atoms with van der Waals surface area (Å²) in [7, 11) is 0. The van der Waals surface area contributed by atoms with E-state index in [0.717, 1.165) is 5.56 Å². The molecule has 0 aromatic heterocycles. The number of aliphatic hydroxyl groups excluding tert-OH is 1. The van der Waals surface area contributed by atoms with Gasteiger partial charge in [-0.05, 0) is 17.7 Å². The van der Waals surface area contributed by atoms with Crippen molar-refractivity contribution in [2.75, 3.05) is 6.73 Å². The molecule has 0 unspecified atom stereocenters. The van der Waals surface area contributed by atoms with E-state index in [2.05, 4.69) is 5.32 Å². The zero-order chi connectivity index (χ0) is 8.81. The molecule has 0 saturated carbocycles. The maximum absolute atomic E-state index is 8.50. The zero-order valence-corrected chi connectivity index (χ0v) is 6.62. The van der Waals surface area contributed by atoms with Gasteiger partial charge in [-0.25, -0.2) is 0 Å². The standard InChI is InChI=1S/C9H10N2O/c10-5-8-1-3-9(4-2-8)6-11-7-12/h1-4,11-12H,6-7H2. The van der Waals surface area contributed by atoms with Crippen molar-refractivity contribution in [3.05, 3.63) is 35.4 Å². The summed E-state index contributed by atoms with van der Waals surface area (Å²) in [6, 6.07) is 9.28. The lowest BCUT2D eigenvalue weighted by molar-refractivity contribution is 0.259. The van der Waals surface area contributed by atoms with Crippen LogP contribution < -0.4 is 5.32 Å². The first-order chi connectivity index (χ1) is 5.86. The number of hydrogen-bond acceptors (Lipinski definition) is 3. The van der Waals surface area contributed by atoms with Crippen molar-refractivity contribution in [1.82, 2.24) is 5.32 Å². The van der Waals surface area contributed by atoms with Crippen LogP contribution in [0.5, 0.6) is 0 Å². The molecule has 12 heavy (non-hydrogen) atoms. The van der Waals surface area contributed by atoms with E-state index in [1.54, 1.807) is 12.1 Å². The van der Waals surface area contributed by atoms with Crippen LogP contribution in [-0.4, -0.2) is 11.8 Å². The zero-order valence-electron chi connectivity index (χ0n) is 6.62. The fourth-order valence-electron chi connectivity index (χ4n) is 0.897. The smallest absolute Gasteiger partial charge is 0.0991 e. The lowest BCUT2D eigenvalue weighted by Gasteiger charge is -2.00. The lowest BCUT2D eigenvalue weighted by atomic mass is 10.1. The van der Waals surface area contributed by atoms with Crippen LogP contribution >= 0.6 is 0 Å². The van der Waals surface area contributed by atoms with E-state index < -0.39 is 0 Å². The first-order valence-electron chi connectivity index (χ1n) is 3.67. The molecule has 1 aromatic rings. The SMILES string of the molecule is N#Cc1ccc(CNCO)cc1. The van der Waals surface area contributed by atoms with Gasteiger partial charge in [0, 0.05) is 6.54 Å². The molecule has 0 aliphatic heterocycles. The molecule has 0 bridgehead atoms. The molecular weight excluding hydrogens is 152 g/mol. The Bertz CT molecular complexity index is 274. The quantitative estimate of drug-likeness (QED) is 0.640. The number of rotatable bonds is 3. The van der Waals surface area contributed by atoms with Crippen LogP contribution in [0.3, 0.4) is 0 Å². The third-order valence-corrected chi connectivity index (χ3v) is 1.52. The summed E-state index contributed by atoms with van der Waals surface area (Å²) < 4.78 is 0. The molecule has 0 spiro atoms. The Labute approximate surface area is 71.3 Å². The molecule has 0 aliphatic rings. The van der Waals surface area contributed by atoms with Crippen molar-refractivity contribution in [2.24, 2.45) is 0 Å². The van der Waals surface area contributed by atoms with E-state index in [1.165, 1.54) is 0 Å². The molecule has 0 aliphatic carbocycles. The van der Waals surface area contributed by atoms with Gasteiger partial charge in [0.15, 0.2) is 0 Å². The van der Waals surface area contributed by atoms with Gasteiger partial charge in [-0.15, -0.1) is 0 Å². The molecule has 0 saturated heterocycles. The normalized spacial score (nSPS) is 9.33. The van der Waals surface area contributed by atoms with Crippen molar-refractivity contribution in [3.63, 3.8) is 0 Å². The minimum absolute atomic E-state index is 0.0278. The van der Waals surface area contributed by atoms with Gasteiger partial charge >= 0.3 is 0 Å². The number of nitrogens with zero attached hydrogens (tertiary/aromatic N) is 1. The highest BCUT2D eigenvalue weighted by molar-refractivity contribution is 5.31. The summed E-state index contributed by atoms with van der Waals surface area (Å²) in [6.07, 6.45) is 0. The van der Waals surface area contributed by atoms with Crippen molar-refractivity contribution in [2.45, 2.75) is 6.54 Å². The van der Waals surface area contributed by atoms with Crippen molar-refractivity contribution >= 4 is 0 Å². The van der Waals surface area contributed by atoms with Crippen LogP contribution in [0.1, 0.15) is 11.1 Å². The third-order valence-electron chi connectivity index (χ3n) is 1.52. The minimum atomic E-state index is -0.0278. The topological polar surface area (TPSA) is 56.0 Å². The summed E-state index contributed by atoms with van der Waals surface area (Å²) in [4.78, 5) is 0. The van der Waals surface area contributed by atoms with E-state index in [-0.39, 0.29) is 6.73 Å². The van der Waals surface area contributed by atoms with Gasteiger partial charge in [0.05, 0.1) is 18.4 Å². The second kappa shape index (κ2) is 4.50. The summed E-state index contributed by atoms with van der Waals surface area (Å²) in [5.74, 6) is 0. The van der Waals surface area contributed by atoms with E-state index in [0.29, 0.717) is 12.1 Å². The van der Waals surface area contributed by atoms with E-state index in [4.69, 9.17) is 10.4 Å². The second-order valence-electron chi connectivity index (χ2n) is 2.39. The first-order valence-corrected chi connectivity index (χ1v) is 3.67. The molecule has 0 radical (unpaired) electrons. The summed E-state index contributed by atoms with van der Waals surface area (Å²) in [6.45, 7) is 0.599. The fraction of sp³-hybridized carbons (Fsp3) is 0.222. The van der Waals surface area contributed by atoms with Gasteiger partial charge in [0.25, 0.3) is 0 Å². The van der Waals surface area contributed by atoms with Gasteiger partial charge in [-0.2, -0.15) is 5.26 Å². The molecule has 1 rings (SSSR count). The maximum Gasteiger partial charge on any atom is 0.0991 e. The van der Waals surface area contributed by atoms with Crippen LogP contribution in [0.15, 0.2) is 24.3 Å². The molecule has 0 heterocycles. The molecule has 3 heteroatoms. The number of aliphatic hydroxyl groups is 1. The van der Waals surface area contributed by atoms with Gasteiger partial charge in [0.1, 0.15) is 0 Å². The largest absolute Gasteiger partial charge is 0.381 e. The predicted molar refractivity (Wildman–Crippen MR) is 45.1 cm³/mol. The van der Waals surface area contributed by atoms with Crippen LogP contribution in [0.4, 0.5) is 0 Å². The number of hydrogen-bond donors (Lipinski definition) is 2. The molecule has 0 fully saturated rings. The van der Waals surface area contributed by atoms with Crippen LogP contribution in [0, 0.1) is 11.3 Å². The van der Waals surface area contributed by atoms with Crippen molar-refractivity contribution < 1.29 is 5.11 Å². The average Bonchev–Trinajstić information content (AvgIpc) is 2.15. The van der Waals surface area contributed by atoms with E-state index in [1.807, 2.05) is 18.2 Å². The Hall–Kier alpha value is -1.37. The molecule has 62 valence electrons. The lowest BCUT2D eigenvalue weighted by Crippen LogP contribution is -2.13. The molecular formula is C9H10N2O. The third kappa shape index (κ3) is 2.35. The van der Waals surface area contributed by atoms with E-state index >= 15 is 0 Å². The van der Waals surface area contributed by atoms with Gasteiger partial charge in [-0.3, -0.25) is 5.32 Å². The number of nitriles is 1. The minimum Gasteiger partial charge on any atom is -0.381 e. The van der Waals surface area contributed by atoms with Crippen LogP contribution in [0.2, 0.25) is 0 Å². The Balaban J connectivity index is 2.60. The van der Waals surface area contributed by atoms with Gasteiger partial charge in [0.2, 0.25) is 0 Å². The molecule has 0 atom stereocenters. The molecule has 1 aromatic carbocycles. The Morgan fingerprint density at radius 1 is 1.33 bits per heavy atom. The summed E-state index contributed by atoms with van der Waals surface area (Å²) in [5.41, 5.74) is 1.71. The highest BCUT2D eigenvalue weighted by Gasteiger charge is 1.91. The Morgan fingerprint density at radius 2 is 2.00 bits per heavy atom. The molecule has 2 N–H and O–H groups in total. The summed E-state index contributed by atoms with van der Waals surface area (Å²) in [5, 5.41) is 19.7. The average molecular weight is 162 g/mol. The monoisotopic (exact) mass is 162 g/mol. The Morgan fingerprint density at radius 3 is 2.50 bits per heavy atom. The van der Waals surface area contributed by atoms with Crippen molar-refractivity contribution in [3.8, 4) is 6.07 Å². The molecule has 0 amide bonds. The molecule has 3 nitrogen and oxygen atoms in total. The Kier molecular flexibility index (Phi) is 3.27. The van der Waals surface area contributed by atoms with Crippen LogP contribution in [0.25, 0.3) is 0 Å². The van der Waals surface area contributed by atoms with Gasteiger partial charge in [-0.1, -0.05) is 12.1 Å². The van der Waals surface area contributed by atoms with Gasteiger partial charge < -0.3 is 5.11 Å². The second-order valence-corrected chi connectivity index (χ2v) is 2.39. The number of benzene rings is 1. The maximum atomic E-state index is 8.50. The first kappa shape index (κ1) is 8.72. The summed E-state index contributed by atoms with van der Waals surface area (Å²) >= 11 is 0. The predicted octanol–water partition coefficient (Wildman–Crippen LogP) is 0.598. The number of nitrogens with one attached hydrogen (secondary N) is 1. The highest BCUT2D eigenvalue weighted by atomic mass is 16.3. The fourth-order valence-corrected chi connectivity index (χ4v) is 0.897. The van der Waals surface area contributed by atoms with Crippen molar-refractivity contribution in [1.29, 1.82) is 5.26 Å². The van der Waals surface area contributed by atoms with E-state index in [9.17, 15) is 0 Å².